The standard InChI is InChI=1S/C16H20FN2P.2C2H6/c1-2-3-12-4-6-13(7-5-12)11-19-16(20)14-8-9-18-15(17)10-14;2*1-2/h4-10,16,19H,2-3,11,20H2,1H3;2*1-2H3. The predicted octanol–water partition coefficient (Wildman–Crippen LogP) is 5.89. The first-order valence-electron chi connectivity index (χ1n) is 8.87. The van der Waals surface area contributed by atoms with Crippen LogP contribution in [0.2, 0.25) is 0 Å². The molecule has 0 radical (unpaired) electrons. The van der Waals surface area contributed by atoms with E-state index in [1.54, 1.807) is 0 Å². The van der Waals surface area contributed by atoms with Crippen molar-refractivity contribution in [3.63, 3.8) is 0 Å². The topological polar surface area (TPSA) is 24.9 Å². The van der Waals surface area contributed by atoms with Gasteiger partial charge in [0.05, 0.1) is 0 Å². The van der Waals surface area contributed by atoms with Gasteiger partial charge in [-0.3, -0.25) is 0 Å². The lowest BCUT2D eigenvalue weighted by molar-refractivity contribution is 0.577. The zero-order valence-electron chi connectivity index (χ0n) is 15.6. The lowest BCUT2D eigenvalue weighted by Crippen LogP contribution is -2.16. The fourth-order valence-electron chi connectivity index (χ4n) is 2.07. The summed E-state index contributed by atoms with van der Waals surface area (Å²) in [5, 5.41) is 3.36. The quantitative estimate of drug-likeness (QED) is 0.519. The minimum absolute atomic E-state index is 0.0165. The molecule has 24 heavy (non-hydrogen) atoms. The average molecular weight is 350 g/mol. The molecule has 0 aliphatic carbocycles. The van der Waals surface area contributed by atoms with Gasteiger partial charge in [-0.05, 0) is 35.2 Å². The molecular weight excluding hydrogens is 318 g/mol. The van der Waals surface area contributed by atoms with E-state index in [0.717, 1.165) is 18.5 Å². The van der Waals surface area contributed by atoms with Gasteiger partial charge in [-0.1, -0.05) is 65.3 Å². The summed E-state index contributed by atoms with van der Waals surface area (Å²) in [6.45, 7) is 10.9. The molecule has 2 atom stereocenters. The van der Waals surface area contributed by atoms with Crippen LogP contribution in [-0.2, 0) is 13.0 Å². The Bertz CT molecular complexity index is 544. The van der Waals surface area contributed by atoms with Gasteiger partial charge in [0.1, 0.15) is 0 Å². The van der Waals surface area contributed by atoms with E-state index >= 15 is 0 Å². The molecule has 0 saturated heterocycles. The molecule has 134 valence electrons. The molecule has 0 saturated carbocycles. The van der Waals surface area contributed by atoms with Crippen LogP contribution < -0.4 is 5.32 Å². The summed E-state index contributed by atoms with van der Waals surface area (Å²) in [5.41, 5.74) is 3.48. The molecule has 2 rings (SSSR count). The highest BCUT2D eigenvalue weighted by Gasteiger charge is 2.06. The van der Waals surface area contributed by atoms with Crippen LogP contribution in [0.3, 0.4) is 0 Å². The highest BCUT2D eigenvalue weighted by atomic mass is 31.0. The van der Waals surface area contributed by atoms with Crippen molar-refractivity contribution in [1.82, 2.24) is 10.3 Å². The molecular formula is C20H32FN2P. The Hall–Kier alpha value is -1.31. The van der Waals surface area contributed by atoms with E-state index in [2.05, 4.69) is 50.7 Å². The Balaban J connectivity index is 0.00000123. The molecule has 1 aromatic carbocycles. The minimum Gasteiger partial charge on any atom is -0.303 e. The summed E-state index contributed by atoms with van der Waals surface area (Å²) < 4.78 is 13.1. The third-order valence-corrected chi connectivity index (χ3v) is 3.82. The lowest BCUT2D eigenvalue weighted by Gasteiger charge is -2.14. The van der Waals surface area contributed by atoms with E-state index in [0.29, 0.717) is 0 Å². The first kappa shape index (κ1) is 22.7. The summed E-state index contributed by atoms with van der Waals surface area (Å²) in [6.07, 6.45) is 3.78. The molecule has 0 aliphatic rings. The number of pyridine rings is 1. The summed E-state index contributed by atoms with van der Waals surface area (Å²) in [6, 6.07) is 11.9. The number of rotatable bonds is 6. The Morgan fingerprint density at radius 3 is 2.17 bits per heavy atom. The highest BCUT2D eigenvalue weighted by Crippen LogP contribution is 2.20. The van der Waals surface area contributed by atoms with Gasteiger partial charge < -0.3 is 5.32 Å². The monoisotopic (exact) mass is 350 g/mol. The van der Waals surface area contributed by atoms with E-state index < -0.39 is 5.95 Å². The van der Waals surface area contributed by atoms with E-state index in [-0.39, 0.29) is 5.78 Å². The third kappa shape index (κ3) is 8.52. The molecule has 2 nitrogen and oxygen atoms in total. The Kier molecular flexibility index (Phi) is 13.3. The minimum atomic E-state index is -0.444. The van der Waals surface area contributed by atoms with Crippen LogP contribution in [0.5, 0.6) is 0 Å². The fourth-order valence-corrected chi connectivity index (χ4v) is 2.39. The van der Waals surface area contributed by atoms with Crippen LogP contribution in [0.15, 0.2) is 42.6 Å². The van der Waals surface area contributed by atoms with Crippen LogP contribution in [0, 0.1) is 5.95 Å². The average Bonchev–Trinajstić information content (AvgIpc) is 2.64. The van der Waals surface area contributed by atoms with Gasteiger partial charge in [0, 0.05) is 18.5 Å². The number of nitrogens with one attached hydrogen (secondary N) is 1. The Morgan fingerprint density at radius 2 is 1.62 bits per heavy atom. The van der Waals surface area contributed by atoms with Gasteiger partial charge in [-0.25, -0.2) is 4.98 Å². The molecule has 0 amide bonds. The van der Waals surface area contributed by atoms with Crippen LogP contribution in [0.4, 0.5) is 4.39 Å². The smallest absolute Gasteiger partial charge is 0.213 e. The van der Waals surface area contributed by atoms with Crippen molar-refractivity contribution in [3.8, 4) is 0 Å². The van der Waals surface area contributed by atoms with Gasteiger partial charge >= 0.3 is 0 Å². The van der Waals surface area contributed by atoms with E-state index in [1.807, 2.05) is 33.8 Å². The predicted molar refractivity (Wildman–Crippen MR) is 107 cm³/mol. The molecule has 4 heteroatoms. The van der Waals surface area contributed by atoms with Crippen LogP contribution in [0.1, 0.15) is 63.5 Å². The van der Waals surface area contributed by atoms with E-state index in [4.69, 9.17) is 0 Å². The number of nitrogens with zero attached hydrogens (tertiary/aromatic N) is 1. The second-order valence-corrected chi connectivity index (χ2v) is 5.50. The number of aromatic nitrogens is 1. The maximum Gasteiger partial charge on any atom is 0.213 e. The number of hydrogen-bond acceptors (Lipinski definition) is 2. The van der Waals surface area contributed by atoms with Crippen LogP contribution >= 0.6 is 9.24 Å². The first-order valence-corrected chi connectivity index (χ1v) is 9.54. The zero-order valence-corrected chi connectivity index (χ0v) is 16.8. The van der Waals surface area contributed by atoms with Gasteiger partial charge in [0.25, 0.3) is 0 Å². The zero-order chi connectivity index (χ0) is 18.4. The normalized spacial score (nSPS) is 10.8. The SMILES string of the molecule is CC.CC.CCCc1ccc(CNC(P)c2ccnc(F)c2)cc1. The summed E-state index contributed by atoms with van der Waals surface area (Å²) >= 11 is 0. The summed E-state index contributed by atoms with van der Waals surface area (Å²) in [4.78, 5) is 3.56. The number of benzene rings is 1. The summed E-state index contributed by atoms with van der Waals surface area (Å²) in [5.74, 6) is -0.427. The largest absolute Gasteiger partial charge is 0.303 e. The summed E-state index contributed by atoms with van der Waals surface area (Å²) in [7, 11) is 2.69. The molecule has 1 N–H and O–H groups in total. The van der Waals surface area contributed by atoms with Gasteiger partial charge in [0.2, 0.25) is 5.95 Å². The van der Waals surface area contributed by atoms with E-state index in [9.17, 15) is 4.39 Å². The van der Waals surface area contributed by atoms with Crippen LogP contribution in [0.25, 0.3) is 0 Å². The molecule has 0 fully saturated rings. The lowest BCUT2D eigenvalue weighted by atomic mass is 10.1. The molecule has 1 aromatic heterocycles. The maximum atomic E-state index is 13.1. The van der Waals surface area contributed by atoms with Crippen molar-refractivity contribution in [1.29, 1.82) is 0 Å². The van der Waals surface area contributed by atoms with Crippen molar-refractivity contribution < 1.29 is 4.39 Å². The molecule has 2 unspecified atom stereocenters. The van der Waals surface area contributed by atoms with Crippen molar-refractivity contribution in [2.45, 2.75) is 59.8 Å². The highest BCUT2D eigenvalue weighted by molar-refractivity contribution is 7.17. The maximum absolute atomic E-state index is 13.1. The van der Waals surface area contributed by atoms with E-state index in [1.165, 1.54) is 29.8 Å². The van der Waals surface area contributed by atoms with Crippen molar-refractivity contribution >= 4 is 9.24 Å². The Morgan fingerprint density at radius 1 is 1.04 bits per heavy atom. The second-order valence-electron chi connectivity index (χ2n) is 4.84. The molecule has 0 aliphatic heterocycles. The third-order valence-electron chi connectivity index (χ3n) is 3.20. The fraction of sp³-hybridized carbons (Fsp3) is 0.450. The molecule has 0 bridgehead atoms. The van der Waals surface area contributed by atoms with Gasteiger partial charge in [-0.2, -0.15) is 4.39 Å². The molecule has 2 aromatic rings. The van der Waals surface area contributed by atoms with Gasteiger partial charge in [0.15, 0.2) is 0 Å². The van der Waals surface area contributed by atoms with Crippen LogP contribution in [-0.4, -0.2) is 4.98 Å². The Labute approximate surface area is 149 Å². The second kappa shape index (κ2) is 14.1. The number of halogens is 1. The van der Waals surface area contributed by atoms with Crippen molar-refractivity contribution in [3.05, 3.63) is 65.2 Å². The van der Waals surface area contributed by atoms with Crippen molar-refractivity contribution in [2.24, 2.45) is 0 Å². The van der Waals surface area contributed by atoms with Gasteiger partial charge in [-0.15, -0.1) is 9.24 Å². The molecule has 1 heterocycles. The molecule has 0 spiro atoms. The van der Waals surface area contributed by atoms with Crippen molar-refractivity contribution in [2.75, 3.05) is 0 Å². The number of aryl methyl sites for hydroxylation is 1. The number of hydrogen-bond donors (Lipinski definition) is 1. The first-order chi connectivity index (χ1) is 11.7.